The average molecular weight is 195 g/mol. The Bertz CT molecular complexity index is 337. The second-order valence-electron chi connectivity index (χ2n) is 2.44. The minimum Gasteiger partial charge on any atom is -0.365 e. The number of pyridine rings is 1. The standard InChI is InChI=1S/C7H9N5O2/c8-7(11-12(13)14)10-5-6-2-1-3-9-4-6/h1-4H,5H2,(H3,8,10,11). The maximum atomic E-state index is 9.91. The van der Waals surface area contributed by atoms with Crippen LogP contribution in [0.25, 0.3) is 0 Å². The molecule has 74 valence electrons. The predicted octanol–water partition coefficient (Wildman–Crippen LogP) is -0.322. The summed E-state index contributed by atoms with van der Waals surface area (Å²) in [6, 6.07) is 3.58. The lowest BCUT2D eigenvalue weighted by Crippen LogP contribution is -2.31. The van der Waals surface area contributed by atoms with Gasteiger partial charge in [0.25, 0.3) is 5.96 Å². The number of guanidine groups is 1. The average Bonchev–Trinajstić information content (AvgIpc) is 2.15. The lowest BCUT2D eigenvalue weighted by molar-refractivity contribution is -0.485. The first kappa shape index (κ1) is 9.90. The minimum atomic E-state index is -0.856. The fourth-order valence-corrected chi connectivity index (χ4v) is 0.819. The number of hydrazone groups is 1. The van der Waals surface area contributed by atoms with Crippen LogP contribution in [0, 0.1) is 10.1 Å². The van der Waals surface area contributed by atoms with E-state index in [1.54, 1.807) is 18.5 Å². The molecule has 14 heavy (non-hydrogen) atoms. The van der Waals surface area contributed by atoms with Crippen LogP contribution in [0.1, 0.15) is 5.56 Å². The molecule has 0 aliphatic carbocycles. The van der Waals surface area contributed by atoms with Gasteiger partial charge in [0, 0.05) is 18.9 Å². The van der Waals surface area contributed by atoms with Crippen molar-refractivity contribution >= 4 is 5.96 Å². The second-order valence-corrected chi connectivity index (χ2v) is 2.44. The van der Waals surface area contributed by atoms with Crippen molar-refractivity contribution in [2.45, 2.75) is 6.54 Å². The number of nitrogens with two attached hydrogens (primary N) is 1. The lowest BCUT2D eigenvalue weighted by atomic mass is 10.3. The molecule has 1 aromatic heterocycles. The fourth-order valence-electron chi connectivity index (χ4n) is 0.819. The van der Waals surface area contributed by atoms with E-state index in [9.17, 15) is 10.1 Å². The highest BCUT2D eigenvalue weighted by Gasteiger charge is 1.98. The molecule has 0 aliphatic rings. The molecule has 0 saturated carbocycles. The van der Waals surface area contributed by atoms with Crippen LogP contribution in [0.2, 0.25) is 0 Å². The van der Waals surface area contributed by atoms with E-state index in [0.717, 1.165) is 5.56 Å². The van der Waals surface area contributed by atoms with Crippen LogP contribution in [-0.4, -0.2) is 16.0 Å². The van der Waals surface area contributed by atoms with Crippen molar-refractivity contribution in [2.75, 3.05) is 0 Å². The highest BCUT2D eigenvalue weighted by atomic mass is 16.7. The van der Waals surface area contributed by atoms with E-state index in [1.807, 2.05) is 6.07 Å². The third-order valence-electron chi connectivity index (χ3n) is 1.39. The van der Waals surface area contributed by atoms with Gasteiger partial charge in [0.2, 0.25) is 0 Å². The molecule has 7 nitrogen and oxygen atoms in total. The summed E-state index contributed by atoms with van der Waals surface area (Å²) >= 11 is 0. The first-order valence-electron chi connectivity index (χ1n) is 3.79. The topological polar surface area (TPSA) is 106 Å². The van der Waals surface area contributed by atoms with Gasteiger partial charge in [-0.1, -0.05) is 6.07 Å². The van der Waals surface area contributed by atoms with E-state index in [4.69, 9.17) is 5.73 Å². The van der Waals surface area contributed by atoms with Gasteiger partial charge < -0.3 is 11.1 Å². The van der Waals surface area contributed by atoms with E-state index in [-0.39, 0.29) is 5.96 Å². The zero-order valence-electron chi connectivity index (χ0n) is 7.25. The van der Waals surface area contributed by atoms with Gasteiger partial charge in [0.05, 0.1) is 0 Å². The number of hydrogen-bond acceptors (Lipinski definition) is 3. The lowest BCUT2D eigenvalue weighted by Gasteiger charge is -2.01. The van der Waals surface area contributed by atoms with Crippen LogP contribution < -0.4 is 11.1 Å². The highest BCUT2D eigenvalue weighted by Crippen LogP contribution is 1.93. The van der Waals surface area contributed by atoms with Gasteiger partial charge in [-0.3, -0.25) is 4.98 Å². The van der Waals surface area contributed by atoms with Crippen molar-refractivity contribution in [1.82, 2.24) is 10.3 Å². The van der Waals surface area contributed by atoms with Gasteiger partial charge in [-0.25, -0.2) is 10.1 Å². The number of nitro groups is 1. The molecule has 0 unspecified atom stereocenters. The Hall–Kier alpha value is -2.18. The van der Waals surface area contributed by atoms with Gasteiger partial charge in [-0.15, -0.1) is 0 Å². The summed E-state index contributed by atoms with van der Waals surface area (Å²) in [6.07, 6.45) is 3.27. The van der Waals surface area contributed by atoms with E-state index in [1.165, 1.54) is 0 Å². The fraction of sp³-hybridized carbons (Fsp3) is 0.143. The summed E-state index contributed by atoms with van der Waals surface area (Å²) in [5, 5.41) is 14.5. The molecule has 0 fully saturated rings. The van der Waals surface area contributed by atoms with E-state index in [0.29, 0.717) is 6.54 Å². The molecule has 0 amide bonds. The van der Waals surface area contributed by atoms with Crippen molar-refractivity contribution in [1.29, 1.82) is 0 Å². The van der Waals surface area contributed by atoms with Gasteiger partial charge >= 0.3 is 0 Å². The van der Waals surface area contributed by atoms with E-state index in [2.05, 4.69) is 15.4 Å². The van der Waals surface area contributed by atoms with Crippen molar-refractivity contribution < 1.29 is 5.03 Å². The molecular formula is C7H9N5O2. The van der Waals surface area contributed by atoms with Gasteiger partial charge in [-0.05, 0) is 11.6 Å². The molecule has 7 heteroatoms. The summed E-state index contributed by atoms with van der Waals surface area (Å²) in [5.74, 6) is -0.223. The largest absolute Gasteiger partial charge is 0.365 e. The maximum Gasteiger partial charge on any atom is 0.266 e. The summed E-state index contributed by atoms with van der Waals surface area (Å²) < 4.78 is 0. The number of nitrogens with zero attached hydrogens (tertiary/aromatic N) is 3. The Balaban J connectivity index is 2.45. The quantitative estimate of drug-likeness (QED) is 0.297. The maximum absolute atomic E-state index is 9.91. The Labute approximate surface area is 79.8 Å². The molecule has 0 bridgehead atoms. The zero-order valence-corrected chi connectivity index (χ0v) is 7.25. The third-order valence-corrected chi connectivity index (χ3v) is 1.39. The van der Waals surface area contributed by atoms with Crippen LogP contribution in [0.5, 0.6) is 0 Å². The smallest absolute Gasteiger partial charge is 0.266 e. The number of rotatable bonds is 3. The molecular weight excluding hydrogens is 186 g/mol. The van der Waals surface area contributed by atoms with Gasteiger partial charge in [0.1, 0.15) is 5.10 Å². The number of nitrogens with one attached hydrogen (secondary N) is 1. The van der Waals surface area contributed by atoms with Gasteiger partial charge in [-0.2, -0.15) is 0 Å². The minimum absolute atomic E-state index is 0.223. The number of hydrogen-bond donors (Lipinski definition) is 2. The predicted molar refractivity (Wildman–Crippen MR) is 49.7 cm³/mol. The molecule has 0 saturated heterocycles. The molecule has 1 aromatic rings. The van der Waals surface area contributed by atoms with Crippen molar-refractivity contribution in [2.24, 2.45) is 10.8 Å². The Morgan fingerprint density at radius 3 is 3.14 bits per heavy atom. The second kappa shape index (κ2) is 4.75. The summed E-state index contributed by atoms with van der Waals surface area (Å²) in [6.45, 7) is 0.358. The molecule has 0 aliphatic heterocycles. The normalized spacial score (nSPS) is 11.0. The van der Waals surface area contributed by atoms with Crippen LogP contribution in [0.4, 0.5) is 0 Å². The van der Waals surface area contributed by atoms with Crippen LogP contribution in [0.15, 0.2) is 29.6 Å². The first-order valence-corrected chi connectivity index (χ1v) is 3.79. The summed E-state index contributed by atoms with van der Waals surface area (Å²) in [5.41, 5.74) is 6.07. The molecule has 3 N–H and O–H groups in total. The first-order chi connectivity index (χ1) is 6.68. The molecule has 1 rings (SSSR count). The molecule has 0 aromatic carbocycles. The monoisotopic (exact) mass is 195 g/mol. The van der Waals surface area contributed by atoms with Crippen LogP contribution in [-0.2, 0) is 6.54 Å². The van der Waals surface area contributed by atoms with Crippen molar-refractivity contribution in [3.63, 3.8) is 0 Å². The Morgan fingerprint density at radius 1 is 1.79 bits per heavy atom. The summed E-state index contributed by atoms with van der Waals surface area (Å²) in [4.78, 5) is 13.8. The van der Waals surface area contributed by atoms with Crippen LogP contribution >= 0.6 is 0 Å². The van der Waals surface area contributed by atoms with Gasteiger partial charge in [0.15, 0.2) is 5.03 Å². The number of aromatic nitrogens is 1. The SMILES string of the molecule is N/C(=N\[N+](=O)[O-])NCc1cccnc1. The molecule has 0 radical (unpaired) electrons. The zero-order chi connectivity index (χ0) is 10.4. The molecule has 0 atom stereocenters. The van der Waals surface area contributed by atoms with Crippen LogP contribution in [0.3, 0.4) is 0 Å². The molecule has 1 heterocycles. The van der Waals surface area contributed by atoms with E-state index < -0.39 is 5.03 Å². The molecule has 0 spiro atoms. The Morgan fingerprint density at radius 2 is 2.57 bits per heavy atom. The third kappa shape index (κ3) is 3.48. The van der Waals surface area contributed by atoms with Crippen molar-refractivity contribution in [3.8, 4) is 0 Å². The Kier molecular flexibility index (Phi) is 3.36. The van der Waals surface area contributed by atoms with Crippen molar-refractivity contribution in [3.05, 3.63) is 40.2 Å². The summed E-state index contributed by atoms with van der Waals surface area (Å²) in [7, 11) is 0. The highest BCUT2D eigenvalue weighted by molar-refractivity contribution is 5.76. The van der Waals surface area contributed by atoms with E-state index >= 15 is 0 Å².